The van der Waals surface area contributed by atoms with Gasteiger partial charge in [-0.05, 0) is 74.9 Å². The molecule has 0 radical (unpaired) electrons. The quantitative estimate of drug-likeness (QED) is 0.194. The van der Waals surface area contributed by atoms with Crippen LogP contribution in [-0.4, -0.2) is 48.1 Å². The Morgan fingerprint density at radius 2 is 1.47 bits per heavy atom. The van der Waals surface area contributed by atoms with Gasteiger partial charge in [-0.25, -0.2) is 4.79 Å². The zero-order valence-electron chi connectivity index (χ0n) is 27.5. The number of rotatable bonds is 16. The van der Waals surface area contributed by atoms with Crippen molar-refractivity contribution in [2.75, 3.05) is 19.0 Å². The highest BCUT2D eigenvalue weighted by atomic mass is 16.6. The van der Waals surface area contributed by atoms with Crippen LogP contribution in [0.2, 0.25) is 0 Å². The number of carbonyl (C=O) groups is 3. The second kappa shape index (κ2) is 17.5. The monoisotopic (exact) mass is 595 g/mol. The third kappa shape index (κ3) is 11.9. The summed E-state index contributed by atoms with van der Waals surface area (Å²) in [5.41, 5.74) is 1.73. The fraction of sp³-hybridized carbons (Fsp3) is 0.571. The predicted molar refractivity (Wildman–Crippen MR) is 173 cm³/mol. The summed E-state index contributed by atoms with van der Waals surface area (Å²) in [7, 11) is 1.59. The lowest BCUT2D eigenvalue weighted by atomic mass is 9.97. The number of benzene rings is 2. The van der Waals surface area contributed by atoms with E-state index in [0.717, 1.165) is 44.1 Å². The number of aryl methyl sites for hydroxylation is 1. The highest BCUT2D eigenvalue weighted by Crippen LogP contribution is 2.27. The molecule has 0 aliphatic rings. The second-order valence-electron chi connectivity index (χ2n) is 12.4. The first kappa shape index (κ1) is 35.6. The summed E-state index contributed by atoms with van der Waals surface area (Å²) in [5, 5.41) is 5.81. The molecule has 2 rings (SSSR count). The van der Waals surface area contributed by atoms with Crippen LogP contribution < -0.4 is 15.4 Å². The van der Waals surface area contributed by atoms with Crippen LogP contribution in [0.3, 0.4) is 0 Å². The highest BCUT2D eigenvalue weighted by molar-refractivity contribution is 5.99. The molecular weight excluding hydrogens is 542 g/mol. The van der Waals surface area contributed by atoms with Crippen molar-refractivity contribution in [1.29, 1.82) is 0 Å². The lowest BCUT2D eigenvalue weighted by Crippen LogP contribution is -2.54. The van der Waals surface area contributed by atoms with E-state index in [-0.39, 0.29) is 17.7 Å². The third-order valence-electron chi connectivity index (χ3n) is 7.26. The summed E-state index contributed by atoms with van der Waals surface area (Å²) in [6, 6.07) is 13.2. The molecule has 2 atom stereocenters. The van der Waals surface area contributed by atoms with Gasteiger partial charge in [-0.3, -0.25) is 9.59 Å². The van der Waals surface area contributed by atoms with E-state index in [1.165, 1.54) is 6.42 Å². The Morgan fingerprint density at radius 1 is 0.860 bits per heavy atom. The van der Waals surface area contributed by atoms with Crippen LogP contribution in [0.15, 0.2) is 48.5 Å². The van der Waals surface area contributed by atoms with E-state index in [9.17, 15) is 14.4 Å². The van der Waals surface area contributed by atoms with Crippen molar-refractivity contribution in [3.8, 4) is 5.75 Å². The summed E-state index contributed by atoms with van der Waals surface area (Å²) >= 11 is 0. The number of nitrogens with zero attached hydrogens (tertiary/aromatic N) is 1. The van der Waals surface area contributed by atoms with Crippen molar-refractivity contribution in [3.05, 3.63) is 59.7 Å². The minimum Gasteiger partial charge on any atom is -0.497 e. The van der Waals surface area contributed by atoms with Gasteiger partial charge in [0.05, 0.1) is 7.11 Å². The molecule has 0 aliphatic carbocycles. The largest absolute Gasteiger partial charge is 0.497 e. The van der Waals surface area contributed by atoms with Crippen LogP contribution in [-0.2, 0) is 20.7 Å². The van der Waals surface area contributed by atoms with Crippen molar-refractivity contribution in [2.24, 2.45) is 5.92 Å². The van der Waals surface area contributed by atoms with Gasteiger partial charge >= 0.3 is 6.09 Å². The van der Waals surface area contributed by atoms with Crippen molar-refractivity contribution in [3.63, 3.8) is 0 Å². The molecule has 43 heavy (non-hydrogen) atoms. The molecule has 238 valence electrons. The van der Waals surface area contributed by atoms with E-state index in [1.54, 1.807) is 57.0 Å². The number of hydrogen-bond donors (Lipinski definition) is 2. The maximum Gasteiger partial charge on any atom is 0.408 e. The Morgan fingerprint density at radius 3 is 2.00 bits per heavy atom. The molecule has 0 bridgehead atoms. The first-order valence-corrected chi connectivity index (χ1v) is 15.7. The van der Waals surface area contributed by atoms with Crippen LogP contribution in [0.5, 0.6) is 5.75 Å². The van der Waals surface area contributed by atoms with E-state index in [0.29, 0.717) is 23.5 Å². The minimum absolute atomic E-state index is 0.236. The predicted octanol–water partition coefficient (Wildman–Crippen LogP) is 7.68. The van der Waals surface area contributed by atoms with E-state index < -0.39 is 23.8 Å². The van der Waals surface area contributed by atoms with Crippen LogP contribution in [0.1, 0.15) is 104 Å². The van der Waals surface area contributed by atoms with Gasteiger partial charge in [0.1, 0.15) is 23.4 Å². The maximum atomic E-state index is 14.4. The normalized spacial score (nSPS) is 12.8. The van der Waals surface area contributed by atoms with Gasteiger partial charge in [0.2, 0.25) is 5.91 Å². The van der Waals surface area contributed by atoms with Gasteiger partial charge in [-0.2, -0.15) is 0 Å². The third-order valence-corrected chi connectivity index (χ3v) is 7.26. The Balaban J connectivity index is 2.50. The zero-order valence-corrected chi connectivity index (χ0v) is 27.5. The molecule has 2 N–H and O–H groups in total. The van der Waals surface area contributed by atoms with E-state index in [2.05, 4.69) is 24.5 Å². The van der Waals surface area contributed by atoms with Gasteiger partial charge in [-0.1, -0.05) is 84.1 Å². The molecule has 2 aromatic rings. The molecule has 0 heterocycles. The molecule has 0 aliphatic heterocycles. The lowest BCUT2D eigenvalue weighted by Gasteiger charge is -2.35. The fourth-order valence-electron chi connectivity index (χ4n) is 4.85. The number of methoxy groups -OCH3 is 1. The SMILES string of the molecule is CCCCCCCCN(C(=O)C(NC(=O)OC(C)(C)C)C(C)C)C(C(=O)Nc1ccc(OC)cc1)c1ccc(CC)cc1. The zero-order chi connectivity index (χ0) is 32.0. The molecule has 3 amide bonds. The van der Waals surface area contributed by atoms with Gasteiger partial charge in [0.15, 0.2) is 0 Å². The first-order chi connectivity index (χ1) is 20.4. The molecule has 0 saturated carbocycles. The molecule has 8 nitrogen and oxygen atoms in total. The van der Waals surface area contributed by atoms with E-state index in [4.69, 9.17) is 9.47 Å². The van der Waals surface area contributed by atoms with Gasteiger partial charge < -0.3 is 25.0 Å². The maximum absolute atomic E-state index is 14.4. The number of nitrogens with one attached hydrogen (secondary N) is 2. The van der Waals surface area contributed by atoms with Gasteiger partial charge in [-0.15, -0.1) is 0 Å². The topological polar surface area (TPSA) is 97.0 Å². The Hall–Kier alpha value is -3.55. The number of ether oxygens (including phenoxy) is 2. The first-order valence-electron chi connectivity index (χ1n) is 15.7. The summed E-state index contributed by atoms with van der Waals surface area (Å²) in [6.07, 6.45) is 6.41. The molecule has 0 saturated heterocycles. The smallest absolute Gasteiger partial charge is 0.408 e. The molecule has 0 fully saturated rings. The Bertz CT molecular complexity index is 1140. The van der Waals surface area contributed by atoms with Crippen LogP contribution in [0, 0.1) is 5.92 Å². The molecule has 2 aromatic carbocycles. The minimum atomic E-state index is -0.905. The molecule has 2 unspecified atom stereocenters. The number of amides is 3. The molecule has 8 heteroatoms. The Kier molecular flexibility index (Phi) is 14.5. The number of carbonyl (C=O) groups excluding carboxylic acids is 3. The molecular formula is C35H53N3O5. The number of anilines is 1. The number of unbranched alkanes of at least 4 members (excludes halogenated alkanes) is 5. The summed E-state index contributed by atoms with van der Waals surface area (Å²) in [5.74, 6) is -0.199. The lowest BCUT2D eigenvalue weighted by molar-refractivity contribution is -0.141. The van der Waals surface area contributed by atoms with Gasteiger partial charge in [0.25, 0.3) is 5.91 Å². The van der Waals surface area contributed by atoms with Crippen molar-refractivity contribution in [1.82, 2.24) is 10.2 Å². The average Bonchev–Trinajstić information content (AvgIpc) is 2.96. The number of alkyl carbamates (subject to hydrolysis) is 1. The highest BCUT2D eigenvalue weighted by Gasteiger charge is 2.37. The van der Waals surface area contributed by atoms with Gasteiger partial charge in [0, 0.05) is 12.2 Å². The van der Waals surface area contributed by atoms with E-state index >= 15 is 0 Å². The summed E-state index contributed by atoms with van der Waals surface area (Å²) in [6.45, 7) is 13.7. The summed E-state index contributed by atoms with van der Waals surface area (Å²) < 4.78 is 10.8. The van der Waals surface area contributed by atoms with Crippen LogP contribution >= 0.6 is 0 Å². The number of hydrogen-bond acceptors (Lipinski definition) is 5. The van der Waals surface area contributed by atoms with Crippen molar-refractivity contribution >= 4 is 23.6 Å². The van der Waals surface area contributed by atoms with Crippen LogP contribution in [0.25, 0.3) is 0 Å². The van der Waals surface area contributed by atoms with Crippen molar-refractivity contribution < 1.29 is 23.9 Å². The van der Waals surface area contributed by atoms with Crippen LogP contribution in [0.4, 0.5) is 10.5 Å². The summed E-state index contributed by atoms with van der Waals surface area (Å²) in [4.78, 5) is 42.9. The molecule has 0 spiro atoms. The standard InChI is InChI=1S/C35H53N3O5/c1-9-11-12-13-14-15-24-38(33(40)30(25(3)4)37-34(41)43-35(5,6)7)31(27-18-16-26(10-2)17-19-27)32(39)36-28-20-22-29(42-8)23-21-28/h16-23,25,30-31H,9-15,24H2,1-8H3,(H,36,39)(H,37,41). The average molecular weight is 596 g/mol. The fourth-order valence-corrected chi connectivity index (χ4v) is 4.85. The second-order valence-corrected chi connectivity index (χ2v) is 12.4. The molecule has 0 aromatic heterocycles. The van der Waals surface area contributed by atoms with E-state index in [1.807, 2.05) is 38.1 Å². The Labute approximate surface area is 258 Å². The van der Waals surface area contributed by atoms with Crippen molar-refractivity contribution in [2.45, 2.75) is 111 Å².